The Hall–Kier alpha value is -4.93. The number of hydrogen-bond donors (Lipinski definition) is 3. The third kappa shape index (κ3) is 4.91. The lowest BCUT2D eigenvalue weighted by Gasteiger charge is -2.37. The van der Waals surface area contributed by atoms with Gasteiger partial charge in [-0.3, -0.25) is 4.98 Å². The average Bonchev–Trinajstić information content (AvgIpc) is 3.32. The lowest BCUT2D eigenvalue weighted by atomic mass is 9.89. The van der Waals surface area contributed by atoms with Gasteiger partial charge in [-0.05, 0) is 58.5 Å². The zero-order valence-corrected chi connectivity index (χ0v) is 22.0. The van der Waals surface area contributed by atoms with E-state index in [2.05, 4.69) is 53.0 Å². The summed E-state index contributed by atoms with van der Waals surface area (Å²) in [5.74, 6) is -3.81. The number of halogens is 5. The first-order valence-corrected chi connectivity index (χ1v) is 12.7. The third-order valence-corrected chi connectivity index (χ3v) is 7.24. The van der Waals surface area contributed by atoms with Crippen molar-refractivity contribution in [2.75, 3.05) is 11.1 Å². The van der Waals surface area contributed by atoms with Gasteiger partial charge in [0.25, 0.3) is 5.54 Å². The van der Waals surface area contributed by atoms with E-state index in [9.17, 15) is 26.7 Å². The fourth-order valence-electron chi connectivity index (χ4n) is 5.20. The van der Waals surface area contributed by atoms with Crippen LogP contribution < -0.4 is 11.1 Å². The quantitative estimate of drug-likeness (QED) is 0.152. The van der Waals surface area contributed by atoms with E-state index >= 15 is 0 Å². The number of pyridine rings is 1. The van der Waals surface area contributed by atoms with Crippen molar-refractivity contribution in [2.24, 2.45) is 0 Å². The molecule has 1 aromatic heterocycles. The third-order valence-electron chi connectivity index (χ3n) is 7.24. The predicted molar refractivity (Wildman–Crippen MR) is 149 cm³/mol. The van der Waals surface area contributed by atoms with E-state index in [1.54, 1.807) is 5.32 Å². The van der Waals surface area contributed by atoms with Gasteiger partial charge in [0.15, 0.2) is 0 Å². The SMILES string of the molecule is Cc1cnccc1-c1ccc2c(c1N)Cc1ccccc1-2.O=C(O)C1(C(F)(F)F)Nc2ccccc2C=C1OC(F)F. The van der Waals surface area contributed by atoms with Gasteiger partial charge in [0.1, 0.15) is 5.76 Å². The van der Waals surface area contributed by atoms with E-state index in [0.717, 1.165) is 23.2 Å². The molecule has 0 amide bonds. The van der Waals surface area contributed by atoms with Gasteiger partial charge in [-0.15, -0.1) is 0 Å². The van der Waals surface area contributed by atoms with Crippen LogP contribution in [0.5, 0.6) is 0 Å². The minimum absolute atomic E-state index is 0.106. The molecule has 0 radical (unpaired) electrons. The first-order chi connectivity index (χ1) is 19.9. The van der Waals surface area contributed by atoms with Crippen molar-refractivity contribution >= 4 is 23.4 Å². The number of alkyl halides is 5. The number of aliphatic carboxylic acids is 1. The highest BCUT2D eigenvalue weighted by atomic mass is 19.4. The van der Waals surface area contributed by atoms with Crippen LogP contribution in [-0.4, -0.2) is 34.4 Å². The fourth-order valence-corrected chi connectivity index (χ4v) is 5.20. The Labute approximate surface area is 237 Å². The van der Waals surface area contributed by atoms with Gasteiger partial charge in [0.2, 0.25) is 0 Å². The molecule has 42 heavy (non-hydrogen) atoms. The van der Waals surface area contributed by atoms with Crippen LogP contribution in [0.15, 0.2) is 84.9 Å². The van der Waals surface area contributed by atoms with Crippen molar-refractivity contribution in [3.8, 4) is 22.3 Å². The van der Waals surface area contributed by atoms with Crippen LogP contribution in [0.3, 0.4) is 0 Å². The molecular formula is C31H24F5N3O3. The van der Waals surface area contributed by atoms with Crippen LogP contribution in [0.25, 0.3) is 28.3 Å². The standard InChI is InChI=1S/C19H16N2.C12H8F5NO3/c1-12-11-21-9-8-14(12)17-7-6-16-15-5-3-2-4-13(15)10-18(16)19(17)20;13-10(14)21-8-5-6-3-1-2-4-7(6)18-11(8,9(19)20)12(15,16)17/h2-9,11H,10,20H2,1H3;1-5,10,18H,(H,19,20). The number of aromatic nitrogens is 1. The van der Waals surface area contributed by atoms with Crippen molar-refractivity contribution in [1.29, 1.82) is 0 Å². The van der Waals surface area contributed by atoms with E-state index in [0.29, 0.717) is 6.08 Å². The number of carboxylic acid groups (broad SMARTS) is 1. The number of nitrogens with zero attached hydrogens (tertiary/aromatic N) is 1. The van der Waals surface area contributed by atoms with Gasteiger partial charge in [-0.1, -0.05) is 54.6 Å². The van der Waals surface area contributed by atoms with Gasteiger partial charge >= 0.3 is 18.8 Å². The number of benzene rings is 3. The highest BCUT2D eigenvalue weighted by Gasteiger charge is 2.66. The Kier molecular flexibility index (Phi) is 7.36. The Morgan fingerprint density at radius 1 is 1.00 bits per heavy atom. The molecule has 1 aliphatic heterocycles. The minimum atomic E-state index is -5.40. The molecule has 0 fully saturated rings. The number of hydrogen-bond acceptors (Lipinski definition) is 5. The van der Waals surface area contributed by atoms with Crippen LogP contribution in [0.1, 0.15) is 22.3 Å². The molecular weight excluding hydrogens is 557 g/mol. The van der Waals surface area contributed by atoms with E-state index in [-0.39, 0.29) is 11.3 Å². The number of nitrogens with two attached hydrogens (primary N) is 1. The highest BCUT2D eigenvalue weighted by molar-refractivity contribution is 5.93. The van der Waals surface area contributed by atoms with Crippen LogP contribution >= 0.6 is 0 Å². The van der Waals surface area contributed by atoms with Crippen LogP contribution in [0.2, 0.25) is 0 Å². The Morgan fingerprint density at radius 2 is 1.69 bits per heavy atom. The molecule has 6 nitrogen and oxygen atoms in total. The number of anilines is 2. The second-order valence-corrected chi connectivity index (χ2v) is 9.73. The van der Waals surface area contributed by atoms with E-state index in [1.807, 2.05) is 18.5 Å². The summed E-state index contributed by atoms with van der Waals surface area (Å²) < 4.78 is 68.2. The van der Waals surface area contributed by atoms with Gasteiger partial charge < -0.3 is 20.9 Å². The summed E-state index contributed by atoms with van der Waals surface area (Å²) in [7, 11) is 0. The normalized spacial score (nSPS) is 16.7. The largest absolute Gasteiger partial charge is 0.479 e. The molecule has 2 heterocycles. The molecule has 1 atom stereocenters. The summed E-state index contributed by atoms with van der Waals surface area (Å²) in [5, 5.41) is 10.7. The maximum Gasteiger partial charge on any atom is 0.429 e. The second kappa shape index (κ2) is 10.8. The molecule has 216 valence electrons. The summed E-state index contributed by atoms with van der Waals surface area (Å²) in [5.41, 5.74) is 12.2. The first kappa shape index (κ1) is 28.6. The predicted octanol–water partition coefficient (Wildman–Crippen LogP) is 7.29. The molecule has 4 N–H and O–H groups in total. The zero-order valence-electron chi connectivity index (χ0n) is 22.0. The monoisotopic (exact) mass is 581 g/mol. The summed E-state index contributed by atoms with van der Waals surface area (Å²) in [4.78, 5) is 15.3. The minimum Gasteiger partial charge on any atom is -0.479 e. The number of fused-ring (bicyclic) bond motifs is 4. The number of carboxylic acids is 1. The van der Waals surface area contributed by atoms with Gasteiger partial charge in [-0.2, -0.15) is 22.0 Å². The summed E-state index contributed by atoms with van der Waals surface area (Å²) in [6.07, 6.45) is -0.123. The smallest absolute Gasteiger partial charge is 0.429 e. The maximum absolute atomic E-state index is 13.2. The lowest BCUT2D eigenvalue weighted by Crippen LogP contribution is -2.61. The first-order valence-electron chi connectivity index (χ1n) is 12.7. The van der Waals surface area contributed by atoms with Gasteiger partial charge in [0, 0.05) is 41.3 Å². The molecule has 0 saturated carbocycles. The molecule has 1 unspecified atom stereocenters. The number of rotatable bonds is 4. The summed E-state index contributed by atoms with van der Waals surface area (Å²) in [6.45, 7) is -1.52. The lowest BCUT2D eigenvalue weighted by molar-refractivity contribution is -0.204. The topological polar surface area (TPSA) is 97.5 Å². The molecule has 1 aliphatic carbocycles. The number of nitrogen functional groups attached to an aromatic ring is 1. The van der Waals surface area contributed by atoms with Crippen LogP contribution in [0, 0.1) is 6.92 Å². The highest BCUT2D eigenvalue weighted by Crippen LogP contribution is 2.45. The van der Waals surface area contributed by atoms with E-state index in [4.69, 9.17) is 10.8 Å². The fraction of sp³-hybridized carbons (Fsp3) is 0.161. The number of para-hydroxylation sites is 1. The van der Waals surface area contributed by atoms with E-state index < -0.39 is 30.1 Å². The molecule has 6 rings (SSSR count). The Bertz CT molecular complexity index is 1700. The number of nitrogens with one attached hydrogen (secondary N) is 1. The number of ether oxygens (including phenoxy) is 1. The molecule has 4 aromatic rings. The van der Waals surface area contributed by atoms with Crippen LogP contribution in [0.4, 0.5) is 33.3 Å². The summed E-state index contributed by atoms with van der Waals surface area (Å²) >= 11 is 0. The van der Waals surface area contributed by atoms with Crippen molar-refractivity contribution in [2.45, 2.75) is 31.7 Å². The average molecular weight is 582 g/mol. The van der Waals surface area contributed by atoms with E-state index in [1.165, 1.54) is 52.1 Å². The molecule has 11 heteroatoms. The molecule has 0 saturated heterocycles. The maximum atomic E-state index is 13.2. The second-order valence-electron chi connectivity index (χ2n) is 9.73. The molecule has 2 aliphatic rings. The van der Waals surface area contributed by atoms with Gasteiger partial charge in [0.05, 0.1) is 0 Å². The van der Waals surface area contributed by atoms with Crippen LogP contribution in [-0.2, 0) is 16.0 Å². The van der Waals surface area contributed by atoms with Crippen molar-refractivity contribution < 1.29 is 36.6 Å². The summed E-state index contributed by atoms with van der Waals surface area (Å²) in [6, 6.07) is 20.3. The number of carbonyl (C=O) groups is 1. The van der Waals surface area contributed by atoms with Crippen molar-refractivity contribution in [3.63, 3.8) is 0 Å². The molecule has 0 spiro atoms. The number of aryl methyl sites for hydroxylation is 1. The molecule has 3 aromatic carbocycles. The Balaban J connectivity index is 0.000000168. The molecule has 0 bridgehead atoms. The van der Waals surface area contributed by atoms with Crippen molar-refractivity contribution in [3.05, 3.63) is 107 Å². The van der Waals surface area contributed by atoms with Crippen molar-refractivity contribution in [1.82, 2.24) is 4.98 Å². The van der Waals surface area contributed by atoms with Gasteiger partial charge in [-0.25, -0.2) is 4.79 Å². The Morgan fingerprint density at radius 3 is 2.38 bits per heavy atom. The zero-order chi connectivity index (χ0) is 30.2.